The molecule has 1 aliphatic heterocycles. The summed E-state index contributed by atoms with van der Waals surface area (Å²) in [4.78, 5) is 34.6. The van der Waals surface area contributed by atoms with Gasteiger partial charge in [-0.15, -0.1) is 0 Å². The highest BCUT2D eigenvalue weighted by molar-refractivity contribution is 6.23. The van der Waals surface area contributed by atoms with Crippen LogP contribution in [0.25, 0.3) is 0 Å². The van der Waals surface area contributed by atoms with Crippen LogP contribution in [0.15, 0.2) is 42.5 Å². The summed E-state index contributed by atoms with van der Waals surface area (Å²) in [5.41, 5.74) is 1.91. The maximum absolute atomic E-state index is 11.8. The number of carboxylic acid groups (broad SMARTS) is 1. The zero-order valence-electron chi connectivity index (χ0n) is 11.4. The van der Waals surface area contributed by atoms with Gasteiger partial charge in [-0.2, -0.15) is 0 Å². The van der Waals surface area contributed by atoms with Crippen molar-refractivity contribution in [3.8, 4) is 0 Å². The molecule has 3 N–H and O–H groups in total. The van der Waals surface area contributed by atoms with Gasteiger partial charge in [0.1, 0.15) is 0 Å². The first-order valence-electron chi connectivity index (χ1n) is 6.61. The lowest BCUT2D eigenvalue weighted by Crippen LogP contribution is -2.20. The Hall–Kier alpha value is -3.15. The summed E-state index contributed by atoms with van der Waals surface area (Å²) in [6, 6.07) is 11.5. The van der Waals surface area contributed by atoms with Gasteiger partial charge in [0.25, 0.3) is 11.8 Å². The van der Waals surface area contributed by atoms with Crippen molar-refractivity contribution in [2.75, 3.05) is 5.32 Å². The van der Waals surface area contributed by atoms with Crippen LogP contribution >= 0.6 is 0 Å². The van der Waals surface area contributed by atoms with Crippen LogP contribution in [-0.2, 0) is 6.54 Å². The largest absolute Gasteiger partial charge is 0.478 e. The summed E-state index contributed by atoms with van der Waals surface area (Å²) in [6.45, 7) is 0.237. The van der Waals surface area contributed by atoms with Gasteiger partial charge in [-0.25, -0.2) is 4.79 Å². The Balaban J connectivity index is 1.89. The van der Waals surface area contributed by atoms with E-state index in [-0.39, 0.29) is 12.1 Å². The number of aromatic carboxylic acids is 1. The van der Waals surface area contributed by atoms with E-state index in [4.69, 9.17) is 5.11 Å². The Morgan fingerprint density at radius 2 is 1.82 bits per heavy atom. The molecular weight excluding hydrogens is 284 g/mol. The zero-order valence-corrected chi connectivity index (χ0v) is 11.4. The number of carbonyl (C=O) groups excluding carboxylic acids is 2. The molecule has 1 aliphatic rings. The molecule has 0 aromatic heterocycles. The van der Waals surface area contributed by atoms with E-state index in [0.29, 0.717) is 22.4 Å². The van der Waals surface area contributed by atoms with E-state index in [1.54, 1.807) is 36.4 Å². The van der Waals surface area contributed by atoms with Crippen LogP contribution in [0.1, 0.15) is 36.6 Å². The Labute approximate surface area is 125 Å². The Morgan fingerprint density at radius 1 is 1.05 bits per heavy atom. The first-order valence-corrected chi connectivity index (χ1v) is 6.61. The van der Waals surface area contributed by atoms with E-state index in [2.05, 4.69) is 10.6 Å². The topological polar surface area (TPSA) is 95.5 Å². The summed E-state index contributed by atoms with van der Waals surface area (Å²) >= 11 is 0. The van der Waals surface area contributed by atoms with E-state index in [0.717, 1.165) is 0 Å². The number of benzene rings is 2. The maximum atomic E-state index is 11.8. The molecule has 3 rings (SSSR count). The molecule has 22 heavy (non-hydrogen) atoms. The normalized spacial score (nSPS) is 12.7. The number of carbonyl (C=O) groups is 3. The summed E-state index contributed by atoms with van der Waals surface area (Å²) in [6.07, 6.45) is 0. The van der Waals surface area contributed by atoms with Gasteiger partial charge in [-0.3, -0.25) is 14.9 Å². The summed E-state index contributed by atoms with van der Waals surface area (Å²) in [5.74, 6) is -1.88. The number of nitrogens with one attached hydrogen (secondary N) is 2. The molecule has 2 amide bonds. The molecule has 0 saturated heterocycles. The predicted molar refractivity (Wildman–Crippen MR) is 79.0 cm³/mol. The van der Waals surface area contributed by atoms with Gasteiger partial charge in [-0.05, 0) is 23.8 Å². The van der Waals surface area contributed by atoms with Crippen LogP contribution in [0.5, 0.6) is 0 Å². The number of hydrogen-bond donors (Lipinski definition) is 3. The van der Waals surface area contributed by atoms with Crippen LogP contribution < -0.4 is 10.6 Å². The summed E-state index contributed by atoms with van der Waals surface area (Å²) in [7, 11) is 0. The number of carboxylic acids is 1. The zero-order chi connectivity index (χ0) is 15.7. The minimum Gasteiger partial charge on any atom is -0.478 e. The number of fused-ring (bicyclic) bond motifs is 1. The molecular formula is C16H12N2O4. The fourth-order valence-corrected chi connectivity index (χ4v) is 2.44. The molecule has 0 saturated carbocycles. The van der Waals surface area contributed by atoms with Crippen LogP contribution in [0.2, 0.25) is 0 Å². The highest BCUT2D eigenvalue weighted by atomic mass is 16.4. The number of rotatable bonds is 4. The third-order valence-electron chi connectivity index (χ3n) is 3.48. The smallest absolute Gasteiger partial charge is 0.336 e. The van der Waals surface area contributed by atoms with Crippen molar-refractivity contribution in [1.82, 2.24) is 5.32 Å². The number of amides is 2. The average molecular weight is 296 g/mol. The van der Waals surface area contributed by atoms with E-state index >= 15 is 0 Å². The third kappa shape index (κ3) is 2.31. The standard InChI is InChI=1S/C16H12N2O4/c19-14-11-6-3-7-12(13(11)15(20)18-14)17-8-9-4-1-2-5-10(9)16(21)22/h1-7,17H,8H2,(H,21,22)(H,18,19,20). The van der Waals surface area contributed by atoms with Crippen LogP contribution in [0, 0.1) is 0 Å². The molecule has 2 aromatic carbocycles. The fraction of sp³-hybridized carbons (Fsp3) is 0.0625. The molecule has 110 valence electrons. The van der Waals surface area contributed by atoms with Crippen molar-refractivity contribution in [2.45, 2.75) is 6.54 Å². The Kier molecular flexibility index (Phi) is 3.34. The molecule has 0 fully saturated rings. The SMILES string of the molecule is O=C(O)c1ccccc1CNc1cccc2c1C(=O)NC2=O. The lowest BCUT2D eigenvalue weighted by molar-refractivity contribution is 0.0695. The molecule has 2 aromatic rings. The van der Waals surface area contributed by atoms with Gasteiger partial charge >= 0.3 is 5.97 Å². The molecule has 0 atom stereocenters. The minimum absolute atomic E-state index is 0.197. The summed E-state index contributed by atoms with van der Waals surface area (Å²) in [5, 5.41) is 14.4. The molecule has 6 nitrogen and oxygen atoms in total. The molecule has 0 unspecified atom stereocenters. The number of hydrogen-bond acceptors (Lipinski definition) is 4. The summed E-state index contributed by atoms with van der Waals surface area (Å²) < 4.78 is 0. The highest BCUT2D eigenvalue weighted by Crippen LogP contribution is 2.25. The second-order valence-electron chi connectivity index (χ2n) is 4.83. The van der Waals surface area contributed by atoms with Gasteiger partial charge in [-0.1, -0.05) is 24.3 Å². The number of anilines is 1. The maximum Gasteiger partial charge on any atom is 0.336 e. The predicted octanol–water partition coefficient (Wildman–Crippen LogP) is 1.88. The monoisotopic (exact) mass is 296 g/mol. The average Bonchev–Trinajstić information content (AvgIpc) is 2.81. The van der Waals surface area contributed by atoms with E-state index in [1.807, 2.05) is 0 Å². The van der Waals surface area contributed by atoms with Crippen molar-refractivity contribution < 1.29 is 19.5 Å². The van der Waals surface area contributed by atoms with E-state index < -0.39 is 17.8 Å². The lowest BCUT2D eigenvalue weighted by Gasteiger charge is -2.11. The van der Waals surface area contributed by atoms with Gasteiger partial charge in [0.05, 0.1) is 16.7 Å². The third-order valence-corrected chi connectivity index (χ3v) is 3.48. The quantitative estimate of drug-likeness (QED) is 0.749. The molecule has 0 radical (unpaired) electrons. The van der Waals surface area contributed by atoms with Crippen LogP contribution in [0.4, 0.5) is 5.69 Å². The first kappa shape index (κ1) is 13.8. The van der Waals surface area contributed by atoms with E-state index in [1.165, 1.54) is 6.07 Å². The van der Waals surface area contributed by atoms with Crippen LogP contribution in [-0.4, -0.2) is 22.9 Å². The van der Waals surface area contributed by atoms with Gasteiger partial charge in [0.2, 0.25) is 0 Å². The minimum atomic E-state index is -1.01. The highest BCUT2D eigenvalue weighted by Gasteiger charge is 2.29. The van der Waals surface area contributed by atoms with Crippen molar-refractivity contribution in [3.63, 3.8) is 0 Å². The molecule has 0 aliphatic carbocycles. The second kappa shape index (κ2) is 5.33. The molecule has 0 bridgehead atoms. The molecule has 1 heterocycles. The molecule has 0 spiro atoms. The van der Waals surface area contributed by atoms with Gasteiger partial charge < -0.3 is 10.4 Å². The van der Waals surface area contributed by atoms with E-state index in [9.17, 15) is 14.4 Å². The Bertz CT molecular complexity index is 798. The number of imide groups is 1. The van der Waals surface area contributed by atoms with Crippen molar-refractivity contribution in [3.05, 3.63) is 64.7 Å². The van der Waals surface area contributed by atoms with Gasteiger partial charge in [0.15, 0.2) is 0 Å². The fourth-order valence-electron chi connectivity index (χ4n) is 2.44. The molecule has 6 heteroatoms. The van der Waals surface area contributed by atoms with Crippen molar-refractivity contribution >= 4 is 23.5 Å². The van der Waals surface area contributed by atoms with Crippen molar-refractivity contribution in [2.24, 2.45) is 0 Å². The second-order valence-corrected chi connectivity index (χ2v) is 4.83. The Morgan fingerprint density at radius 3 is 2.59 bits per heavy atom. The lowest BCUT2D eigenvalue weighted by atomic mass is 10.1. The van der Waals surface area contributed by atoms with Gasteiger partial charge in [0, 0.05) is 12.2 Å². The first-order chi connectivity index (χ1) is 10.6. The van der Waals surface area contributed by atoms with Crippen molar-refractivity contribution in [1.29, 1.82) is 0 Å². The van der Waals surface area contributed by atoms with Crippen LogP contribution in [0.3, 0.4) is 0 Å².